The number of benzene rings is 1. The number of hydrogen-bond acceptors (Lipinski definition) is 3. The van der Waals surface area contributed by atoms with E-state index >= 15 is 0 Å². The number of carbonyl (C=O) groups excluding carboxylic acids is 1. The average molecular weight is 255 g/mol. The van der Waals surface area contributed by atoms with E-state index < -0.39 is 5.91 Å². The lowest BCUT2D eigenvalue weighted by Crippen LogP contribution is -2.13. The van der Waals surface area contributed by atoms with E-state index in [4.69, 9.17) is 5.73 Å². The van der Waals surface area contributed by atoms with Crippen LogP contribution in [0.2, 0.25) is 0 Å². The maximum absolute atomic E-state index is 11.1. The quantitative estimate of drug-likeness (QED) is 0.861. The van der Waals surface area contributed by atoms with Crippen molar-refractivity contribution in [3.8, 4) is 0 Å². The monoisotopic (exact) mass is 255 g/mol. The summed E-state index contributed by atoms with van der Waals surface area (Å²) in [7, 11) is 0. The van der Waals surface area contributed by atoms with Gasteiger partial charge in [0.15, 0.2) is 0 Å². The lowest BCUT2D eigenvalue weighted by molar-refractivity contribution is 0.0995. The third-order valence-electron chi connectivity index (χ3n) is 2.99. The van der Waals surface area contributed by atoms with Gasteiger partial charge in [-0.1, -0.05) is 31.2 Å². The van der Waals surface area contributed by atoms with Crippen molar-refractivity contribution in [2.75, 3.05) is 5.32 Å². The smallest absolute Gasteiger partial charge is 0.267 e. The van der Waals surface area contributed by atoms with Crippen molar-refractivity contribution in [2.24, 2.45) is 5.73 Å². The van der Waals surface area contributed by atoms with Crippen molar-refractivity contribution >= 4 is 11.6 Å². The zero-order chi connectivity index (χ0) is 13.7. The molecule has 0 bridgehead atoms. The molecule has 0 atom stereocenters. The molecule has 4 nitrogen and oxygen atoms in total. The topological polar surface area (TPSA) is 68.0 Å². The van der Waals surface area contributed by atoms with E-state index in [1.54, 1.807) is 12.3 Å². The summed E-state index contributed by atoms with van der Waals surface area (Å²) in [6.45, 7) is 2.85. The number of nitrogens with zero attached hydrogens (tertiary/aromatic N) is 1. The van der Waals surface area contributed by atoms with Crippen LogP contribution >= 0.6 is 0 Å². The molecule has 19 heavy (non-hydrogen) atoms. The molecule has 0 saturated carbocycles. The third-order valence-corrected chi connectivity index (χ3v) is 2.99. The predicted molar refractivity (Wildman–Crippen MR) is 75.9 cm³/mol. The van der Waals surface area contributed by atoms with Crippen LogP contribution in [0.1, 0.15) is 28.5 Å². The van der Waals surface area contributed by atoms with Crippen LogP contribution in [-0.4, -0.2) is 10.9 Å². The summed E-state index contributed by atoms with van der Waals surface area (Å²) in [5, 5.41) is 3.28. The summed E-state index contributed by atoms with van der Waals surface area (Å²) in [5.74, 6) is -0.516. The number of anilines is 1. The number of primary amides is 1. The van der Waals surface area contributed by atoms with E-state index in [1.165, 1.54) is 11.1 Å². The van der Waals surface area contributed by atoms with Gasteiger partial charge in [-0.3, -0.25) is 9.78 Å². The van der Waals surface area contributed by atoms with Crippen LogP contribution in [0.15, 0.2) is 42.6 Å². The van der Waals surface area contributed by atoms with Gasteiger partial charge in [-0.05, 0) is 29.7 Å². The largest absolute Gasteiger partial charge is 0.381 e. The molecule has 0 unspecified atom stereocenters. The van der Waals surface area contributed by atoms with Gasteiger partial charge in [-0.15, -0.1) is 0 Å². The van der Waals surface area contributed by atoms with Gasteiger partial charge in [-0.25, -0.2) is 0 Å². The number of nitrogens with one attached hydrogen (secondary N) is 1. The number of pyridine rings is 1. The molecule has 0 saturated heterocycles. The second-order valence-electron chi connectivity index (χ2n) is 4.27. The van der Waals surface area contributed by atoms with Gasteiger partial charge >= 0.3 is 0 Å². The molecule has 3 N–H and O–H groups in total. The highest BCUT2D eigenvalue weighted by atomic mass is 16.1. The Bertz CT molecular complexity index is 581. The first-order valence-corrected chi connectivity index (χ1v) is 6.27. The molecule has 0 aliphatic rings. The first-order chi connectivity index (χ1) is 9.20. The molecule has 0 aliphatic carbocycles. The van der Waals surface area contributed by atoms with E-state index in [0.29, 0.717) is 6.54 Å². The molecule has 0 radical (unpaired) electrons. The summed E-state index contributed by atoms with van der Waals surface area (Å²) in [6.07, 6.45) is 2.58. The Balaban J connectivity index is 2.10. The molecule has 1 aromatic carbocycles. The normalized spacial score (nSPS) is 10.2. The molecule has 1 heterocycles. The Morgan fingerprint density at radius 3 is 2.68 bits per heavy atom. The molecular formula is C15H17N3O. The molecule has 98 valence electrons. The van der Waals surface area contributed by atoms with E-state index in [0.717, 1.165) is 12.1 Å². The summed E-state index contributed by atoms with van der Waals surface area (Å²) < 4.78 is 0. The van der Waals surface area contributed by atoms with E-state index in [9.17, 15) is 4.79 Å². The van der Waals surface area contributed by atoms with Gasteiger partial charge in [0.1, 0.15) is 5.69 Å². The van der Waals surface area contributed by atoms with Crippen molar-refractivity contribution < 1.29 is 4.79 Å². The SMILES string of the molecule is CCc1ccccc1CNc1ccnc(C(N)=O)c1. The third kappa shape index (κ3) is 3.31. The van der Waals surface area contributed by atoms with Crippen LogP contribution in [0.3, 0.4) is 0 Å². The minimum atomic E-state index is -0.516. The van der Waals surface area contributed by atoms with E-state index in [1.807, 2.05) is 18.2 Å². The van der Waals surface area contributed by atoms with Crippen LogP contribution in [0.4, 0.5) is 5.69 Å². The Hall–Kier alpha value is -2.36. The van der Waals surface area contributed by atoms with Gasteiger partial charge in [0, 0.05) is 18.4 Å². The molecule has 2 aromatic rings. The van der Waals surface area contributed by atoms with Crippen LogP contribution in [0.5, 0.6) is 0 Å². The van der Waals surface area contributed by atoms with Crippen molar-refractivity contribution in [3.05, 3.63) is 59.4 Å². The van der Waals surface area contributed by atoms with Gasteiger partial charge in [-0.2, -0.15) is 0 Å². The first kappa shape index (κ1) is 13.1. The zero-order valence-corrected chi connectivity index (χ0v) is 10.9. The Labute approximate surface area is 112 Å². The maximum atomic E-state index is 11.1. The molecule has 0 spiro atoms. The minimum Gasteiger partial charge on any atom is -0.381 e. The van der Waals surface area contributed by atoms with Crippen LogP contribution < -0.4 is 11.1 Å². The number of nitrogens with two attached hydrogens (primary N) is 1. The van der Waals surface area contributed by atoms with Crippen molar-refractivity contribution in [1.82, 2.24) is 4.98 Å². The van der Waals surface area contributed by atoms with E-state index in [-0.39, 0.29) is 5.69 Å². The Kier molecular flexibility index (Phi) is 4.13. The molecular weight excluding hydrogens is 238 g/mol. The van der Waals surface area contributed by atoms with Gasteiger partial charge in [0.05, 0.1) is 0 Å². The van der Waals surface area contributed by atoms with Gasteiger partial charge in [0.2, 0.25) is 0 Å². The maximum Gasteiger partial charge on any atom is 0.267 e. The fraction of sp³-hybridized carbons (Fsp3) is 0.200. The molecule has 1 aromatic heterocycles. The standard InChI is InChI=1S/C15H17N3O/c1-2-11-5-3-4-6-12(11)10-18-13-7-8-17-14(9-13)15(16)19/h3-9H,2,10H2,1H3,(H2,16,19)(H,17,18). The van der Waals surface area contributed by atoms with Gasteiger partial charge in [0.25, 0.3) is 5.91 Å². The number of amides is 1. The summed E-state index contributed by atoms with van der Waals surface area (Å²) >= 11 is 0. The van der Waals surface area contributed by atoms with Crippen LogP contribution in [0, 0.1) is 0 Å². The summed E-state index contributed by atoms with van der Waals surface area (Å²) in [4.78, 5) is 15.0. The first-order valence-electron chi connectivity index (χ1n) is 6.27. The molecule has 0 fully saturated rings. The number of hydrogen-bond donors (Lipinski definition) is 2. The second kappa shape index (κ2) is 6.00. The number of aryl methyl sites for hydroxylation is 1. The van der Waals surface area contributed by atoms with Crippen molar-refractivity contribution in [2.45, 2.75) is 19.9 Å². The lowest BCUT2D eigenvalue weighted by Gasteiger charge is -2.10. The highest BCUT2D eigenvalue weighted by Crippen LogP contribution is 2.13. The fourth-order valence-corrected chi connectivity index (χ4v) is 1.95. The predicted octanol–water partition coefficient (Wildman–Crippen LogP) is 2.35. The number of carbonyl (C=O) groups is 1. The Morgan fingerprint density at radius 1 is 1.26 bits per heavy atom. The fourth-order valence-electron chi connectivity index (χ4n) is 1.95. The highest BCUT2D eigenvalue weighted by Gasteiger charge is 2.04. The average Bonchev–Trinajstić information content (AvgIpc) is 2.45. The second-order valence-corrected chi connectivity index (χ2v) is 4.27. The number of rotatable bonds is 5. The summed E-state index contributed by atoms with van der Waals surface area (Å²) in [5.41, 5.74) is 8.89. The molecule has 0 aliphatic heterocycles. The van der Waals surface area contributed by atoms with E-state index in [2.05, 4.69) is 29.4 Å². The van der Waals surface area contributed by atoms with Crippen LogP contribution in [0.25, 0.3) is 0 Å². The lowest BCUT2D eigenvalue weighted by atomic mass is 10.1. The molecule has 2 rings (SSSR count). The van der Waals surface area contributed by atoms with Crippen LogP contribution in [-0.2, 0) is 13.0 Å². The van der Waals surface area contributed by atoms with Crippen molar-refractivity contribution in [3.63, 3.8) is 0 Å². The van der Waals surface area contributed by atoms with Gasteiger partial charge < -0.3 is 11.1 Å². The Morgan fingerprint density at radius 2 is 2.00 bits per heavy atom. The minimum absolute atomic E-state index is 0.272. The highest BCUT2D eigenvalue weighted by molar-refractivity contribution is 5.91. The zero-order valence-electron chi connectivity index (χ0n) is 10.9. The van der Waals surface area contributed by atoms with Crippen molar-refractivity contribution in [1.29, 1.82) is 0 Å². The summed E-state index contributed by atoms with van der Waals surface area (Å²) in [6, 6.07) is 11.8. The molecule has 4 heteroatoms. The number of aromatic nitrogens is 1. The molecule has 1 amide bonds.